The maximum Gasteiger partial charge on any atom is 0.270 e. The summed E-state index contributed by atoms with van der Waals surface area (Å²) in [6.45, 7) is 0. The molecule has 2 N–H and O–H groups in total. The van der Waals surface area contributed by atoms with Crippen LogP contribution in [0.3, 0.4) is 0 Å². The molecule has 1 aromatic carbocycles. The van der Waals surface area contributed by atoms with E-state index in [2.05, 4.69) is 15.6 Å². The average Bonchev–Trinajstić information content (AvgIpc) is 3.26. The predicted octanol–water partition coefficient (Wildman–Crippen LogP) is 3.37. The van der Waals surface area contributed by atoms with Crippen molar-refractivity contribution in [2.24, 2.45) is 0 Å². The Hall–Kier alpha value is -2.07. The Morgan fingerprint density at radius 3 is 2.65 bits per heavy atom. The Morgan fingerprint density at radius 2 is 2.00 bits per heavy atom. The number of anilines is 2. The Bertz CT molecular complexity index is 623. The van der Waals surface area contributed by atoms with E-state index in [9.17, 15) is 4.79 Å². The predicted molar refractivity (Wildman–Crippen MR) is 79.5 cm³/mol. The van der Waals surface area contributed by atoms with E-state index in [0.717, 1.165) is 24.2 Å². The number of amides is 1. The van der Waals surface area contributed by atoms with Crippen LogP contribution in [0, 0.1) is 0 Å². The van der Waals surface area contributed by atoms with Crippen molar-refractivity contribution in [1.82, 2.24) is 10.3 Å². The summed E-state index contributed by atoms with van der Waals surface area (Å²) in [5.41, 5.74) is 2.04. The van der Waals surface area contributed by atoms with E-state index in [0.29, 0.717) is 16.8 Å². The molecule has 0 spiro atoms. The summed E-state index contributed by atoms with van der Waals surface area (Å²) < 4.78 is 0. The summed E-state index contributed by atoms with van der Waals surface area (Å²) in [5.74, 6) is -0.114. The molecule has 102 valence electrons. The number of carbonyl (C=O) groups excluding carboxylic acids is 1. The van der Waals surface area contributed by atoms with Gasteiger partial charge in [0, 0.05) is 6.04 Å². The van der Waals surface area contributed by atoms with Crippen molar-refractivity contribution in [3.8, 4) is 0 Å². The van der Waals surface area contributed by atoms with Crippen LogP contribution in [0.1, 0.15) is 23.3 Å². The van der Waals surface area contributed by atoms with Crippen molar-refractivity contribution >= 4 is 28.9 Å². The molecule has 1 aliphatic rings. The van der Waals surface area contributed by atoms with Crippen LogP contribution in [0.25, 0.3) is 0 Å². The fraction of sp³-hybridized carbons (Fsp3) is 0.200. The van der Waals surface area contributed by atoms with Gasteiger partial charge in [0.25, 0.3) is 5.91 Å². The monoisotopic (exact) mass is 287 g/mol. The van der Waals surface area contributed by atoms with E-state index in [1.54, 1.807) is 12.3 Å². The smallest absolute Gasteiger partial charge is 0.270 e. The summed E-state index contributed by atoms with van der Waals surface area (Å²) in [4.78, 5) is 16.0. The molecule has 0 atom stereocenters. The lowest BCUT2D eigenvalue weighted by Gasteiger charge is -2.08. The molecule has 0 aliphatic heterocycles. The summed E-state index contributed by atoms with van der Waals surface area (Å²) >= 11 is 6.07. The number of hydrogen-bond donors (Lipinski definition) is 2. The molecule has 4 nitrogen and oxygen atoms in total. The van der Waals surface area contributed by atoms with Gasteiger partial charge < -0.3 is 10.6 Å². The molecule has 2 aromatic rings. The van der Waals surface area contributed by atoms with Crippen LogP contribution in [-0.2, 0) is 0 Å². The first-order chi connectivity index (χ1) is 9.72. The van der Waals surface area contributed by atoms with E-state index < -0.39 is 0 Å². The number of nitrogens with one attached hydrogen (secondary N) is 2. The molecule has 1 saturated carbocycles. The highest BCUT2D eigenvalue weighted by Crippen LogP contribution is 2.24. The van der Waals surface area contributed by atoms with Crippen molar-refractivity contribution in [2.45, 2.75) is 18.9 Å². The molecular weight excluding hydrogens is 274 g/mol. The molecule has 0 saturated heterocycles. The Kier molecular flexibility index (Phi) is 3.56. The molecular formula is C15H14ClN3O. The quantitative estimate of drug-likeness (QED) is 0.906. The standard InChI is InChI=1S/C15H14ClN3O/c16-12-3-1-2-4-13(12)18-11-7-8-14(17-9-11)15(20)19-10-5-6-10/h1-4,7-10,18H,5-6H2,(H,19,20). The number of benzene rings is 1. The van der Waals surface area contributed by atoms with Crippen molar-refractivity contribution in [3.05, 3.63) is 53.3 Å². The van der Waals surface area contributed by atoms with Gasteiger partial charge in [-0.05, 0) is 37.1 Å². The van der Waals surface area contributed by atoms with Gasteiger partial charge in [0.05, 0.1) is 22.6 Å². The number of nitrogens with zero attached hydrogens (tertiary/aromatic N) is 1. The first-order valence-electron chi connectivity index (χ1n) is 6.51. The number of para-hydroxylation sites is 1. The Balaban J connectivity index is 1.69. The van der Waals surface area contributed by atoms with Crippen molar-refractivity contribution < 1.29 is 4.79 Å². The normalized spacial score (nSPS) is 13.8. The van der Waals surface area contributed by atoms with Gasteiger partial charge in [-0.25, -0.2) is 4.98 Å². The minimum atomic E-state index is -0.114. The molecule has 1 aromatic heterocycles. The molecule has 1 fully saturated rings. The second-order valence-electron chi connectivity index (χ2n) is 4.78. The van der Waals surface area contributed by atoms with Gasteiger partial charge in [-0.1, -0.05) is 23.7 Å². The Labute approximate surface area is 122 Å². The topological polar surface area (TPSA) is 54.0 Å². The number of hydrogen-bond acceptors (Lipinski definition) is 3. The van der Waals surface area contributed by atoms with Gasteiger partial charge >= 0.3 is 0 Å². The molecule has 3 rings (SSSR count). The molecule has 0 bridgehead atoms. The maximum absolute atomic E-state index is 11.8. The van der Waals surface area contributed by atoms with Crippen molar-refractivity contribution in [1.29, 1.82) is 0 Å². The van der Waals surface area contributed by atoms with Crippen LogP contribution in [0.4, 0.5) is 11.4 Å². The summed E-state index contributed by atoms with van der Waals surface area (Å²) in [6, 6.07) is 11.3. The lowest BCUT2D eigenvalue weighted by molar-refractivity contribution is 0.0946. The van der Waals surface area contributed by atoms with E-state index >= 15 is 0 Å². The largest absolute Gasteiger partial charge is 0.353 e. The zero-order valence-corrected chi connectivity index (χ0v) is 11.5. The zero-order valence-electron chi connectivity index (χ0n) is 10.8. The Morgan fingerprint density at radius 1 is 1.20 bits per heavy atom. The molecule has 0 radical (unpaired) electrons. The summed E-state index contributed by atoms with van der Waals surface area (Å²) in [6.07, 6.45) is 3.76. The van der Waals surface area contributed by atoms with E-state index in [1.165, 1.54) is 0 Å². The number of carbonyl (C=O) groups is 1. The highest BCUT2D eigenvalue weighted by molar-refractivity contribution is 6.33. The van der Waals surface area contributed by atoms with E-state index in [1.807, 2.05) is 30.3 Å². The zero-order chi connectivity index (χ0) is 13.9. The van der Waals surface area contributed by atoms with Gasteiger partial charge in [-0.2, -0.15) is 0 Å². The highest BCUT2D eigenvalue weighted by Gasteiger charge is 2.24. The molecule has 0 unspecified atom stereocenters. The lowest BCUT2D eigenvalue weighted by Crippen LogP contribution is -2.26. The minimum Gasteiger partial charge on any atom is -0.353 e. The first-order valence-corrected chi connectivity index (χ1v) is 6.88. The van der Waals surface area contributed by atoms with Gasteiger partial charge in [-0.15, -0.1) is 0 Å². The van der Waals surface area contributed by atoms with Crippen LogP contribution >= 0.6 is 11.6 Å². The minimum absolute atomic E-state index is 0.114. The average molecular weight is 288 g/mol. The maximum atomic E-state index is 11.8. The molecule has 20 heavy (non-hydrogen) atoms. The summed E-state index contributed by atoms with van der Waals surface area (Å²) in [5, 5.41) is 6.71. The third kappa shape index (κ3) is 3.08. The van der Waals surface area contributed by atoms with Gasteiger partial charge in [0.1, 0.15) is 5.69 Å². The molecule has 5 heteroatoms. The van der Waals surface area contributed by atoms with Gasteiger partial charge in [0.15, 0.2) is 0 Å². The van der Waals surface area contributed by atoms with Crippen LogP contribution in [0.2, 0.25) is 5.02 Å². The SMILES string of the molecule is O=C(NC1CC1)c1ccc(Nc2ccccc2Cl)cn1. The molecule has 1 aliphatic carbocycles. The van der Waals surface area contributed by atoms with Crippen LogP contribution in [0.5, 0.6) is 0 Å². The fourth-order valence-electron chi connectivity index (χ4n) is 1.81. The second kappa shape index (κ2) is 5.51. The summed E-state index contributed by atoms with van der Waals surface area (Å²) in [7, 11) is 0. The third-order valence-electron chi connectivity index (χ3n) is 3.06. The van der Waals surface area contributed by atoms with E-state index in [-0.39, 0.29) is 5.91 Å². The second-order valence-corrected chi connectivity index (χ2v) is 5.19. The number of pyridine rings is 1. The van der Waals surface area contributed by atoms with Gasteiger partial charge in [0.2, 0.25) is 0 Å². The number of aromatic nitrogens is 1. The van der Waals surface area contributed by atoms with Crippen molar-refractivity contribution in [3.63, 3.8) is 0 Å². The number of rotatable bonds is 4. The van der Waals surface area contributed by atoms with Gasteiger partial charge in [-0.3, -0.25) is 4.79 Å². The highest BCUT2D eigenvalue weighted by atomic mass is 35.5. The van der Waals surface area contributed by atoms with Crippen molar-refractivity contribution in [2.75, 3.05) is 5.32 Å². The fourth-order valence-corrected chi connectivity index (χ4v) is 1.99. The molecule has 1 heterocycles. The van der Waals surface area contributed by atoms with Crippen LogP contribution < -0.4 is 10.6 Å². The lowest BCUT2D eigenvalue weighted by atomic mass is 10.3. The van der Waals surface area contributed by atoms with Crippen LogP contribution in [-0.4, -0.2) is 16.9 Å². The first kappa shape index (κ1) is 12.9. The van der Waals surface area contributed by atoms with E-state index in [4.69, 9.17) is 11.6 Å². The molecule has 1 amide bonds. The third-order valence-corrected chi connectivity index (χ3v) is 3.39. The number of halogens is 1. The van der Waals surface area contributed by atoms with Crippen LogP contribution in [0.15, 0.2) is 42.6 Å².